The first-order valence-electron chi connectivity index (χ1n) is 10.6. The second kappa shape index (κ2) is 9.57. The molecule has 0 aliphatic carbocycles. The summed E-state index contributed by atoms with van der Waals surface area (Å²) in [5.41, 5.74) is 1.25. The van der Waals surface area contributed by atoms with Crippen molar-refractivity contribution in [2.75, 3.05) is 38.2 Å². The quantitative estimate of drug-likeness (QED) is 0.547. The Kier molecular flexibility index (Phi) is 6.64. The summed E-state index contributed by atoms with van der Waals surface area (Å²) < 4.78 is 7.27. The van der Waals surface area contributed by atoms with E-state index in [2.05, 4.69) is 68.8 Å². The highest BCUT2D eigenvalue weighted by Crippen LogP contribution is 2.29. The Bertz CT molecular complexity index is 900. The van der Waals surface area contributed by atoms with Crippen molar-refractivity contribution in [1.82, 2.24) is 25.1 Å². The summed E-state index contributed by atoms with van der Waals surface area (Å²) in [5, 5.41) is 14.9. The molecule has 1 aliphatic rings. The molecule has 30 heavy (non-hydrogen) atoms. The van der Waals surface area contributed by atoms with E-state index in [1.165, 1.54) is 10.6 Å². The van der Waals surface area contributed by atoms with Crippen LogP contribution >= 0.6 is 11.3 Å². The molecular weight excluding hydrogens is 396 g/mol. The van der Waals surface area contributed by atoms with Crippen LogP contribution in [0.15, 0.2) is 41.8 Å². The number of rotatable bonds is 8. The number of tetrazole rings is 1. The van der Waals surface area contributed by atoms with Crippen LogP contribution in [0.25, 0.3) is 0 Å². The maximum absolute atomic E-state index is 5.28. The van der Waals surface area contributed by atoms with Crippen molar-refractivity contribution >= 4 is 17.0 Å². The Balaban J connectivity index is 1.47. The lowest BCUT2D eigenvalue weighted by atomic mass is 10.0. The lowest BCUT2D eigenvalue weighted by molar-refractivity contribution is 0.153. The molecule has 7 nitrogen and oxygen atoms in total. The molecule has 160 valence electrons. The van der Waals surface area contributed by atoms with Crippen molar-refractivity contribution in [3.63, 3.8) is 0 Å². The Morgan fingerprint density at radius 1 is 1.07 bits per heavy atom. The fraction of sp³-hybridized carbons (Fsp3) is 0.500. The van der Waals surface area contributed by atoms with E-state index in [1.54, 1.807) is 18.4 Å². The highest BCUT2D eigenvalue weighted by atomic mass is 32.1. The van der Waals surface area contributed by atoms with Crippen LogP contribution in [0.4, 0.5) is 5.69 Å². The van der Waals surface area contributed by atoms with Crippen molar-refractivity contribution < 1.29 is 4.74 Å². The minimum absolute atomic E-state index is 0.234. The smallest absolute Gasteiger partial charge is 0.168 e. The van der Waals surface area contributed by atoms with E-state index in [1.807, 2.05) is 16.8 Å². The highest BCUT2D eigenvalue weighted by Gasteiger charge is 2.30. The molecule has 1 unspecified atom stereocenters. The zero-order valence-electron chi connectivity index (χ0n) is 17.9. The number of benzene rings is 1. The first-order valence-corrected chi connectivity index (χ1v) is 11.4. The van der Waals surface area contributed by atoms with Gasteiger partial charge in [0.2, 0.25) is 0 Å². The van der Waals surface area contributed by atoms with Gasteiger partial charge < -0.3 is 9.64 Å². The van der Waals surface area contributed by atoms with E-state index >= 15 is 0 Å². The van der Waals surface area contributed by atoms with Crippen LogP contribution in [0.1, 0.15) is 37.0 Å². The fourth-order valence-corrected chi connectivity index (χ4v) is 4.75. The summed E-state index contributed by atoms with van der Waals surface area (Å²) in [6.45, 7) is 9.26. The van der Waals surface area contributed by atoms with Gasteiger partial charge in [-0.3, -0.25) is 4.90 Å². The second-order valence-electron chi connectivity index (χ2n) is 8.14. The van der Waals surface area contributed by atoms with Gasteiger partial charge in [-0.15, -0.1) is 16.4 Å². The molecule has 0 saturated carbocycles. The Hall–Kier alpha value is -2.45. The van der Waals surface area contributed by atoms with Gasteiger partial charge in [0.15, 0.2) is 5.82 Å². The molecule has 1 aromatic carbocycles. The van der Waals surface area contributed by atoms with Crippen LogP contribution < -0.4 is 9.64 Å². The molecule has 0 N–H and O–H groups in total. The number of methoxy groups -OCH3 is 1. The first-order chi connectivity index (χ1) is 14.6. The van der Waals surface area contributed by atoms with E-state index < -0.39 is 0 Å². The molecule has 3 heterocycles. The highest BCUT2D eigenvalue weighted by molar-refractivity contribution is 7.09. The number of hydrogen-bond donors (Lipinski definition) is 0. The summed E-state index contributed by atoms with van der Waals surface area (Å²) in [5.74, 6) is 2.45. The van der Waals surface area contributed by atoms with Gasteiger partial charge in [0.1, 0.15) is 5.75 Å². The fourth-order valence-electron chi connectivity index (χ4n) is 4.06. The summed E-state index contributed by atoms with van der Waals surface area (Å²) >= 11 is 1.75. The molecule has 2 aromatic heterocycles. The van der Waals surface area contributed by atoms with Gasteiger partial charge in [-0.25, -0.2) is 4.68 Å². The van der Waals surface area contributed by atoms with Gasteiger partial charge >= 0.3 is 0 Å². The molecule has 1 fully saturated rings. The van der Waals surface area contributed by atoms with Crippen molar-refractivity contribution in [1.29, 1.82) is 0 Å². The summed E-state index contributed by atoms with van der Waals surface area (Å²) in [6, 6.07) is 12.8. The van der Waals surface area contributed by atoms with E-state index in [0.717, 1.165) is 50.7 Å². The van der Waals surface area contributed by atoms with Gasteiger partial charge in [-0.05, 0) is 58.5 Å². The topological polar surface area (TPSA) is 59.3 Å². The van der Waals surface area contributed by atoms with Crippen LogP contribution in [0.5, 0.6) is 5.75 Å². The molecule has 1 saturated heterocycles. The average molecular weight is 427 g/mol. The lowest BCUT2D eigenvalue weighted by Crippen LogP contribution is -2.48. The van der Waals surface area contributed by atoms with Crippen molar-refractivity contribution in [3.05, 3.63) is 52.5 Å². The maximum atomic E-state index is 5.28. The standard InChI is InChI=1S/C22H30N6OS/c1-17(2)15-21(22-23-24-25-28(22)16-20-5-4-14-30-20)27-12-10-26(11-13-27)18-6-8-19(29-3)9-7-18/h4-9,14,17,21H,10-13,15-16H2,1-3H3. The molecule has 1 aliphatic heterocycles. The Morgan fingerprint density at radius 2 is 1.83 bits per heavy atom. The minimum atomic E-state index is 0.234. The molecule has 0 radical (unpaired) electrons. The Morgan fingerprint density at radius 3 is 2.47 bits per heavy atom. The third-order valence-corrected chi connectivity index (χ3v) is 6.49. The van der Waals surface area contributed by atoms with Gasteiger partial charge in [0.25, 0.3) is 0 Å². The number of ether oxygens (including phenoxy) is 1. The maximum Gasteiger partial charge on any atom is 0.168 e. The minimum Gasteiger partial charge on any atom is -0.497 e. The van der Waals surface area contributed by atoms with Gasteiger partial charge in [-0.2, -0.15) is 0 Å². The van der Waals surface area contributed by atoms with Crippen molar-refractivity contribution in [2.45, 2.75) is 32.9 Å². The van der Waals surface area contributed by atoms with E-state index in [9.17, 15) is 0 Å². The largest absolute Gasteiger partial charge is 0.497 e. The van der Waals surface area contributed by atoms with Gasteiger partial charge in [0, 0.05) is 36.7 Å². The number of hydrogen-bond acceptors (Lipinski definition) is 7. The third kappa shape index (κ3) is 4.82. The summed E-state index contributed by atoms with van der Waals surface area (Å²) in [7, 11) is 1.70. The number of piperazine rings is 1. The molecule has 4 rings (SSSR count). The molecule has 0 spiro atoms. The van der Waals surface area contributed by atoms with Crippen LogP contribution in [-0.2, 0) is 6.54 Å². The SMILES string of the molecule is COc1ccc(N2CCN(C(CC(C)C)c3nnnn3Cc3cccs3)CC2)cc1. The van der Waals surface area contributed by atoms with E-state index in [0.29, 0.717) is 5.92 Å². The predicted octanol–water partition coefficient (Wildman–Crippen LogP) is 3.70. The van der Waals surface area contributed by atoms with Gasteiger partial charge in [0.05, 0.1) is 19.7 Å². The number of nitrogens with zero attached hydrogens (tertiary/aromatic N) is 6. The first kappa shape index (κ1) is 20.8. The monoisotopic (exact) mass is 426 g/mol. The summed E-state index contributed by atoms with van der Waals surface area (Å²) in [4.78, 5) is 6.27. The summed E-state index contributed by atoms with van der Waals surface area (Å²) in [6.07, 6.45) is 1.05. The average Bonchev–Trinajstić information content (AvgIpc) is 3.45. The van der Waals surface area contributed by atoms with E-state index in [4.69, 9.17) is 4.74 Å². The molecule has 0 bridgehead atoms. The molecule has 1 atom stereocenters. The van der Waals surface area contributed by atoms with Crippen molar-refractivity contribution in [2.24, 2.45) is 5.92 Å². The van der Waals surface area contributed by atoms with E-state index in [-0.39, 0.29) is 6.04 Å². The second-order valence-corrected chi connectivity index (χ2v) is 9.17. The van der Waals surface area contributed by atoms with Crippen LogP contribution in [-0.4, -0.2) is 58.4 Å². The molecule has 3 aromatic rings. The lowest BCUT2D eigenvalue weighted by Gasteiger charge is -2.40. The van der Waals surface area contributed by atoms with Crippen molar-refractivity contribution in [3.8, 4) is 5.75 Å². The Labute approximate surface area is 182 Å². The molecule has 0 amide bonds. The molecule has 8 heteroatoms. The third-order valence-electron chi connectivity index (χ3n) is 5.63. The normalized spacial score (nSPS) is 16.2. The predicted molar refractivity (Wildman–Crippen MR) is 120 cm³/mol. The van der Waals surface area contributed by atoms with Crippen LogP contribution in [0.2, 0.25) is 0 Å². The number of anilines is 1. The van der Waals surface area contributed by atoms with Gasteiger partial charge in [-0.1, -0.05) is 19.9 Å². The van der Waals surface area contributed by atoms with Crippen LogP contribution in [0, 0.1) is 5.92 Å². The zero-order valence-corrected chi connectivity index (χ0v) is 18.8. The molecular formula is C22H30N6OS. The zero-order chi connectivity index (χ0) is 20.9. The number of thiophene rings is 1. The van der Waals surface area contributed by atoms with Crippen LogP contribution in [0.3, 0.4) is 0 Å². The number of aromatic nitrogens is 4.